The first-order valence-electron chi connectivity index (χ1n) is 9.00. The van der Waals surface area contributed by atoms with Crippen LogP contribution in [0.15, 0.2) is 4.99 Å². The van der Waals surface area contributed by atoms with Gasteiger partial charge in [0, 0.05) is 33.3 Å². The van der Waals surface area contributed by atoms with Crippen molar-refractivity contribution in [1.29, 1.82) is 0 Å². The van der Waals surface area contributed by atoms with Gasteiger partial charge in [-0.15, -0.1) is 24.0 Å². The number of halogens is 1. The van der Waals surface area contributed by atoms with Gasteiger partial charge >= 0.3 is 0 Å². The molecule has 0 aromatic carbocycles. The number of guanidine groups is 1. The minimum atomic E-state index is 0. The van der Waals surface area contributed by atoms with E-state index < -0.39 is 0 Å². The highest BCUT2D eigenvalue weighted by molar-refractivity contribution is 14.0. The van der Waals surface area contributed by atoms with Gasteiger partial charge in [0.05, 0.1) is 6.10 Å². The highest BCUT2D eigenvalue weighted by Crippen LogP contribution is 2.30. The second kappa shape index (κ2) is 10.3. The molecule has 1 N–H and O–H groups in total. The summed E-state index contributed by atoms with van der Waals surface area (Å²) < 4.78 is 6.03. The van der Waals surface area contributed by atoms with Crippen LogP contribution in [-0.2, 0) is 4.74 Å². The van der Waals surface area contributed by atoms with Gasteiger partial charge in [0.1, 0.15) is 0 Å². The molecule has 23 heavy (non-hydrogen) atoms. The molecule has 1 aliphatic carbocycles. The molecular weight excluding hydrogens is 421 g/mol. The van der Waals surface area contributed by atoms with E-state index in [-0.39, 0.29) is 24.0 Å². The van der Waals surface area contributed by atoms with Crippen LogP contribution in [0.5, 0.6) is 0 Å². The minimum absolute atomic E-state index is 0. The maximum absolute atomic E-state index is 6.03. The number of nitrogens with zero attached hydrogens (tertiary/aromatic N) is 2. The highest BCUT2D eigenvalue weighted by atomic mass is 127. The topological polar surface area (TPSA) is 36.9 Å². The van der Waals surface area contributed by atoms with Crippen molar-refractivity contribution in [3.63, 3.8) is 0 Å². The highest BCUT2D eigenvalue weighted by Gasteiger charge is 2.26. The van der Waals surface area contributed by atoms with Gasteiger partial charge in [-0.3, -0.25) is 4.99 Å². The molecule has 2 heterocycles. The maximum Gasteiger partial charge on any atom is 0.193 e. The van der Waals surface area contributed by atoms with Crippen LogP contribution >= 0.6 is 35.7 Å². The Morgan fingerprint density at radius 2 is 1.78 bits per heavy atom. The monoisotopic (exact) mass is 453 g/mol. The van der Waals surface area contributed by atoms with Gasteiger partial charge in [-0.2, -0.15) is 11.8 Å². The predicted octanol–water partition coefficient (Wildman–Crippen LogP) is 3.21. The summed E-state index contributed by atoms with van der Waals surface area (Å²) in [6, 6.07) is 0. The summed E-state index contributed by atoms with van der Waals surface area (Å²) in [4.78, 5) is 6.90. The Kier molecular flexibility index (Phi) is 8.82. The number of hydrogen-bond acceptors (Lipinski definition) is 3. The Balaban J connectivity index is 0.00000192. The number of piperidine rings is 1. The SMILES string of the molecule is CN=C(NCC1CCSCC1)N1CCC(OCC2CC2)CC1.I. The van der Waals surface area contributed by atoms with Crippen molar-refractivity contribution in [2.24, 2.45) is 16.8 Å². The van der Waals surface area contributed by atoms with Crippen LogP contribution in [0, 0.1) is 11.8 Å². The zero-order chi connectivity index (χ0) is 15.2. The van der Waals surface area contributed by atoms with Gasteiger partial charge in [-0.1, -0.05) is 0 Å². The van der Waals surface area contributed by atoms with Crippen LogP contribution < -0.4 is 5.32 Å². The molecule has 0 aromatic heterocycles. The summed E-state index contributed by atoms with van der Waals surface area (Å²) in [6.07, 6.45) is 8.24. The lowest BCUT2D eigenvalue weighted by molar-refractivity contribution is 0.0131. The molecule has 0 unspecified atom stereocenters. The van der Waals surface area contributed by atoms with E-state index in [4.69, 9.17) is 4.74 Å². The molecule has 0 radical (unpaired) electrons. The number of rotatable bonds is 5. The second-order valence-corrected chi connectivity index (χ2v) is 8.17. The number of aliphatic imine (C=N–C) groups is 1. The van der Waals surface area contributed by atoms with Crippen molar-refractivity contribution in [2.75, 3.05) is 44.8 Å². The third kappa shape index (κ3) is 6.61. The van der Waals surface area contributed by atoms with Crippen molar-refractivity contribution in [1.82, 2.24) is 10.2 Å². The standard InChI is InChI=1S/C17H31N3OS.HI/c1-18-17(19-12-14-6-10-22-11-7-14)20-8-4-16(5-9-20)21-13-15-2-3-15;/h14-16H,2-13H2,1H3,(H,18,19);1H. The van der Waals surface area contributed by atoms with E-state index in [0.29, 0.717) is 6.10 Å². The molecule has 3 fully saturated rings. The molecule has 134 valence electrons. The molecule has 0 atom stereocenters. The van der Waals surface area contributed by atoms with Gasteiger partial charge in [0.25, 0.3) is 0 Å². The summed E-state index contributed by atoms with van der Waals surface area (Å²) in [5, 5.41) is 3.61. The fraction of sp³-hybridized carbons (Fsp3) is 0.941. The average Bonchev–Trinajstić information content (AvgIpc) is 3.40. The van der Waals surface area contributed by atoms with Gasteiger partial charge in [-0.05, 0) is 61.9 Å². The van der Waals surface area contributed by atoms with Crippen molar-refractivity contribution in [3.05, 3.63) is 0 Å². The molecule has 0 amide bonds. The van der Waals surface area contributed by atoms with Crippen LogP contribution in [0.2, 0.25) is 0 Å². The fourth-order valence-electron chi connectivity index (χ4n) is 3.31. The number of nitrogens with one attached hydrogen (secondary N) is 1. The predicted molar refractivity (Wildman–Crippen MR) is 110 cm³/mol. The maximum atomic E-state index is 6.03. The van der Waals surface area contributed by atoms with E-state index >= 15 is 0 Å². The first-order valence-corrected chi connectivity index (χ1v) is 10.2. The average molecular weight is 453 g/mol. The lowest BCUT2D eigenvalue weighted by Gasteiger charge is -2.35. The Labute approximate surface area is 162 Å². The second-order valence-electron chi connectivity index (χ2n) is 6.95. The van der Waals surface area contributed by atoms with Crippen LogP contribution in [0.1, 0.15) is 38.5 Å². The van der Waals surface area contributed by atoms with Crippen molar-refractivity contribution in [2.45, 2.75) is 44.6 Å². The fourth-order valence-corrected chi connectivity index (χ4v) is 4.51. The van der Waals surface area contributed by atoms with Gasteiger partial charge in [0.15, 0.2) is 5.96 Å². The van der Waals surface area contributed by atoms with Crippen molar-refractivity contribution < 1.29 is 4.74 Å². The molecule has 3 rings (SSSR count). The Morgan fingerprint density at radius 1 is 1.09 bits per heavy atom. The molecule has 1 saturated carbocycles. The third-order valence-corrected chi connectivity index (χ3v) is 6.16. The van der Waals surface area contributed by atoms with E-state index in [9.17, 15) is 0 Å². The number of thioether (sulfide) groups is 1. The smallest absolute Gasteiger partial charge is 0.193 e. The zero-order valence-corrected chi connectivity index (χ0v) is 17.5. The first-order chi connectivity index (χ1) is 10.8. The largest absolute Gasteiger partial charge is 0.378 e. The number of likely N-dealkylation sites (tertiary alicyclic amines) is 1. The van der Waals surface area contributed by atoms with Gasteiger partial charge in [-0.25, -0.2) is 0 Å². The Bertz CT molecular complexity index is 365. The molecule has 6 heteroatoms. The molecule has 0 bridgehead atoms. The number of ether oxygens (including phenoxy) is 1. The van der Waals surface area contributed by atoms with E-state index in [1.165, 1.54) is 37.2 Å². The zero-order valence-electron chi connectivity index (χ0n) is 14.3. The molecule has 2 saturated heterocycles. The van der Waals surface area contributed by atoms with Gasteiger partial charge < -0.3 is 15.0 Å². The minimum Gasteiger partial charge on any atom is -0.378 e. The lowest BCUT2D eigenvalue weighted by Crippen LogP contribution is -2.48. The van der Waals surface area contributed by atoms with E-state index in [1.807, 2.05) is 7.05 Å². The summed E-state index contributed by atoms with van der Waals surface area (Å²) in [5.41, 5.74) is 0. The molecule has 4 nitrogen and oxygen atoms in total. The Morgan fingerprint density at radius 3 is 2.39 bits per heavy atom. The van der Waals surface area contributed by atoms with Crippen molar-refractivity contribution in [3.8, 4) is 0 Å². The molecule has 0 spiro atoms. The molecule has 0 aromatic rings. The third-order valence-electron chi connectivity index (χ3n) is 5.11. The summed E-state index contributed by atoms with van der Waals surface area (Å²) in [6.45, 7) is 4.24. The number of hydrogen-bond donors (Lipinski definition) is 1. The first kappa shape index (κ1) is 19.6. The Hall–Kier alpha value is 0.310. The molecular formula is C17H32IN3OS. The van der Waals surface area contributed by atoms with Crippen LogP contribution in [0.25, 0.3) is 0 Å². The van der Waals surface area contributed by atoms with Gasteiger partial charge in [0.2, 0.25) is 0 Å². The van der Waals surface area contributed by atoms with E-state index in [0.717, 1.165) is 56.9 Å². The van der Waals surface area contributed by atoms with Crippen LogP contribution in [0.4, 0.5) is 0 Å². The van der Waals surface area contributed by atoms with Crippen LogP contribution in [-0.4, -0.2) is 61.8 Å². The lowest BCUT2D eigenvalue weighted by atomic mass is 10.0. The molecule has 3 aliphatic rings. The van der Waals surface area contributed by atoms with E-state index in [2.05, 4.69) is 27.0 Å². The van der Waals surface area contributed by atoms with Crippen LogP contribution in [0.3, 0.4) is 0 Å². The quantitative estimate of drug-likeness (QED) is 0.394. The summed E-state index contributed by atoms with van der Waals surface area (Å²) in [5.74, 6) is 5.46. The van der Waals surface area contributed by atoms with Crippen molar-refractivity contribution >= 4 is 41.7 Å². The normalized spacial score (nSPS) is 24.4. The molecule has 2 aliphatic heterocycles. The summed E-state index contributed by atoms with van der Waals surface area (Å²) in [7, 11) is 1.91. The summed E-state index contributed by atoms with van der Waals surface area (Å²) >= 11 is 2.10. The van der Waals surface area contributed by atoms with E-state index in [1.54, 1.807) is 0 Å².